The summed E-state index contributed by atoms with van der Waals surface area (Å²) in [4.78, 5) is 22.7. The average molecular weight is 457 g/mol. The van der Waals surface area contributed by atoms with E-state index < -0.39 is 0 Å². The summed E-state index contributed by atoms with van der Waals surface area (Å²) in [7, 11) is 0. The lowest BCUT2D eigenvalue weighted by molar-refractivity contribution is 0.0752. The van der Waals surface area contributed by atoms with Crippen LogP contribution in [-0.4, -0.2) is 51.2 Å². The number of anilines is 1. The molecule has 0 spiro atoms. The highest BCUT2D eigenvalue weighted by molar-refractivity contribution is 6.04. The summed E-state index contributed by atoms with van der Waals surface area (Å²) in [5.41, 5.74) is 6.15. The van der Waals surface area contributed by atoms with Crippen molar-refractivity contribution in [1.29, 1.82) is 0 Å². The Hall–Kier alpha value is -3.36. The van der Waals surface area contributed by atoms with Crippen LogP contribution in [0.1, 0.15) is 53.8 Å². The zero-order valence-electron chi connectivity index (χ0n) is 19.5. The fraction of sp³-hybridized carbons (Fsp3) is 0.385. The Morgan fingerprint density at radius 1 is 1.21 bits per heavy atom. The number of ether oxygens (including phenoxy) is 1. The van der Waals surface area contributed by atoms with Crippen molar-refractivity contribution < 1.29 is 9.53 Å². The van der Waals surface area contributed by atoms with E-state index in [1.54, 1.807) is 4.52 Å². The standard InChI is InChI=1S/C26H28N6O2/c1-15-3-4-21-17(11-15)12-18(13-28-21)20-14-29-32-25(20)31-24(23-22(33)5-8-27-26(23)32)16(2)30-19-6-9-34-10-7-19/h3-4,11-14,16,19,27,30H,5-10H2,1-2H3. The van der Waals surface area contributed by atoms with Gasteiger partial charge in [-0.05, 0) is 44.9 Å². The van der Waals surface area contributed by atoms with Crippen LogP contribution >= 0.6 is 0 Å². The first-order valence-corrected chi connectivity index (χ1v) is 12.0. The Morgan fingerprint density at radius 3 is 2.91 bits per heavy atom. The van der Waals surface area contributed by atoms with Crippen LogP contribution in [0.25, 0.3) is 27.7 Å². The van der Waals surface area contributed by atoms with Crippen molar-refractivity contribution in [3.05, 3.63) is 53.5 Å². The summed E-state index contributed by atoms with van der Waals surface area (Å²) < 4.78 is 7.28. The van der Waals surface area contributed by atoms with E-state index in [0.29, 0.717) is 24.6 Å². The number of benzene rings is 1. The third-order valence-electron chi connectivity index (χ3n) is 6.86. The molecule has 1 aromatic carbocycles. The van der Waals surface area contributed by atoms with Gasteiger partial charge in [0.25, 0.3) is 0 Å². The lowest BCUT2D eigenvalue weighted by Crippen LogP contribution is -2.37. The maximum Gasteiger partial charge on any atom is 0.170 e. The van der Waals surface area contributed by atoms with E-state index in [1.807, 2.05) is 18.5 Å². The van der Waals surface area contributed by atoms with Crippen molar-refractivity contribution in [2.75, 3.05) is 25.1 Å². The normalized spacial score (nSPS) is 17.6. The molecule has 0 aliphatic carbocycles. The molecule has 1 unspecified atom stereocenters. The van der Waals surface area contributed by atoms with Gasteiger partial charge >= 0.3 is 0 Å². The molecule has 34 heavy (non-hydrogen) atoms. The molecular weight excluding hydrogens is 428 g/mol. The maximum atomic E-state index is 13.0. The monoisotopic (exact) mass is 456 g/mol. The molecule has 6 rings (SSSR count). The van der Waals surface area contributed by atoms with Crippen LogP contribution in [0, 0.1) is 6.92 Å². The molecule has 4 aromatic rings. The molecule has 0 saturated carbocycles. The number of aromatic nitrogens is 4. The number of Topliss-reactive ketones (excluding diaryl/α,β-unsaturated/α-hetero) is 1. The van der Waals surface area contributed by atoms with Crippen molar-refractivity contribution in [3.63, 3.8) is 0 Å². The number of carbonyl (C=O) groups excluding carboxylic acids is 1. The summed E-state index contributed by atoms with van der Waals surface area (Å²) in [6.45, 7) is 6.29. The molecule has 0 amide bonds. The Balaban J connectivity index is 1.49. The van der Waals surface area contributed by atoms with Crippen LogP contribution < -0.4 is 10.6 Å². The number of rotatable bonds is 4. The first-order valence-electron chi connectivity index (χ1n) is 12.0. The van der Waals surface area contributed by atoms with Gasteiger partial charge in [-0.15, -0.1) is 0 Å². The van der Waals surface area contributed by atoms with E-state index in [-0.39, 0.29) is 11.8 Å². The largest absolute Gasteiger partial charge is 0.381 e. The fourth-order valence-electron chi connectivity index (χ4n) is 5.08. The molecule has 2 N–H and O–H groups in total. The summed E-state index contributed by atoms with van der Waals surface area (Å²) in [5.74, 6) is 0.839. The predicted octanol–water partition coefficient (Wildman–Crippen LogP) is 4.08. The number of hydrogen-bond donors (Lipinski definition) is 2. The van der Waals surface area contributed by atoms with Gasteiger partial charge in [0, 0.05) is 61.0 Å². The zero-order valence-corrected chi connectivity index (χ0v) is 19.5. The summed E-state index contributed by atoms with van der Waals surface area (Å²) in [6.07, 6.45) is 6.07. The molecule has 1 atom stereocenters. The minimum Gasteiger partial charge on any atom is -0.381 e. The second-order valence-corrected chi connectivity index (χ2v) is 9.31. The topological polar surface area (TPSA) is 93.4 Å². The lowest BCUT2D eigenvalue weighted by atomic mass is 9.98. The molecule has 8 heteroatoms. The van der Waals surface area contributed by atoms with Crippen molar-refractivity contribution in [2.45, 2.75) is 45.2 Å². The van der Waals surface area contributed by atoms with Gasteiger partial charge < -0.3 is 15.4 Å². The lowest BCUT2D eigenvalue weighted by Gasteiger charge is -2.29. The highest BCUT2D eigenvalue weighted by Gasteiger charge is 2.30. The van der Waals surface area contributed by atoms with Gasteiger partial charge in [-0.2, -0.15) is 9.61 Å². The smallest absolute Gasteiger partial charge is 0.170 e. The second kappa shape index (κ2) is 8.45. The van der Waals surface area contributed by atoms with Crippen LogP contribution in [-0.2, 0) is 4.74 Å². The van der Waals surface area contributed by atoms with Gasteiger partial charge in [-0.1, -0.05) is 11.6 Å². The molecule has 2 aliphatic heterocycles. The molecule has 2 aliphatic rings. The Kier molecular flexibility index (Phi) is 5.27. The summed E-state index contributed by atoms with van der Waals surface area (Å²) in [6, 6.07) is 8.65. The van der Waals surface area contributed by atoms with Crippen LogP contribution in [0.4, 0.5) is 5.82 Å². The van der Waals surface area contributed by atoms with Gasteiger partial charge in [0.1, 0.15) is 5.82 Å². The van der Waals surface area contributed by atoms with Crippen LogP contribution in [0.3, 0.4) is 0 Å². The van der Waals surface area contributed by atoms with E-state index in [4.69, 9.17) is 9.72 Å². The van der Waals surface area contributed by atoms with E-state index >= 15 is 0 Å². The number of pyridine rings is 1. The van der Waals surface area contributed by atoms with E-state index in [2.05, 4.69) is 52.8 Å². The van der Waals surface area contributed by atoms with Crippen molar-refractivity contribution in [3.8, 4) is 11.1 Å². The molecule has 8 nitrogen and oxygen atoms in total. The zero-order chi connectivity index (χ0) is 23.2. The van der Waals surface area contributed by atoms with E-state index in [0.717, 1.165) is 65.2 Å². The quantitative estimate of drug-likeness (QED) is 0.478. The van der Waals surface area contributed by atoms with Gasteiger partial charge in [0.2, 0.25) is 0 Å². The SMILES string of the molecule is Cc1ccc2ncc(-c3cnn4c5c(c(C(C)NC6CCOCC6)nc34)C(=O)CCN5)cc2c1. The number of nitrogens with zero attached hydrogens (tertiary/aromatic N) is 4. The number of ketones is 1. The molecule has 5 heterocycles. The summed E-state index contributed by atoms with van der Waals surface area (Å²) >= 11 is 0. The third kappa shape index (κ3) is 3.63. The summed E-state index contributed by atoms with van der Waals surface area (Å²) in [5, 5.41) is 12.8. The van der Waals surface area contributed by atoms with E-state index in [1.165, 1.54) is 5.56 Å². The minimum absolute atomic E-state index is 0.0779. The second-order valence-electron chi connectivity index (χ2n) is 9.31. The number of hydrogen-bond acceptors (Lipinski definition) is 7. The molecule has 174 valence electrons. The predicted molar refractivity (Wildman–Crippen MR) is 131 cm³/mol. The third-order valence-corrected chi connectivity index (χ3v) is 6.86. The molecule has 0 bridgehead atoms. The van der Waals surface area contributed by atoms with Crippen LogP contribution in [0.2, 0.25) is 0 Å². The molecular formula is C26H28N6O2. The first-order chi connectivity index (χ1) is 16.6. The van der Waals surface area contributed by atoms with Crippen molar-refractivity contribution in [2.24, 2.45) is 0 Å². The maximum absolute atomic E-state index is 13.0. The van der Waals surface area contributed by atoms with Crippen molar-refractivity contribution in [1.82, 2.24) is 24.9 Å². The van der Waals surface area contributed by atoms with Crippen LogP contribution in [0.5, 0.6) is 0 Å². The number of carbonyl (C=O) groups is 1. The Morgan fingerprint density at radius 2 is 2.06 bits per heavy atom. The van der Waals surface area contributed by atoms with Gasteiger partial charge in [-0.3, -0.25) is 9.78 Å². The first kappa shape index (κ1) is 21.2. The Labute approximate surface area is 197 Å². The average Bonchev–Trinajstić information content (AvgIpc) is 3.28. The highest BCUT2D eigenvalue weighted by Crippen LogP contribution is 2.34. The highest BCUT2D eigenvalue weighted by atomic mass is 16.5. The number of fused-ring (bicyclic) bond motifs is 4. The minimum atomic E-state index is -0.0779. The van der Waals surface area contributed by atoms with Gasteiger partial charge in [0.05, 0.1) is 23.0 Å². The number of nitrogens with one attached hydrogen (secondary N) is 2. The molecule has 0 radical (unpaired) electrons. The molecule has 1 fully saturated rings. The van der Waals surface area contributed by atoms with Gasteiger partial charge in [-0.25, -0.2) is 4.98 Å². The van der Waals surface area contributed by atoms with Gasteiger partial charge in [0.15, 0.2) is 11.4 Å². The van der Waals surface area contributed by atoms with Crippen molar-refractivity contribution >= 4 is 28.2 Å². The molecule has 3 aromatic heterocycles. The fourth-order valence-corrected chi connectivity index (χ4v) is 5.08. The Bertz CT molecular complexity index is 1410. The number of aryl methyl sites for hydroxylation is 1. The van der Waals surface area contributed by atoms with E-state index in [9.17, 15) is 4.79 Å². The molecule has 1 saturated heterocycles. The van der Waals surface area contributed by atoms with Crippen LogP contribution in [0.15, 0.2) is 36.7 Å².